The highest BCUT2D eigenvalue weighted by atomic mass is 16.5. The van der Waals surface area contributed by atoms with E-state index >= 15 is 0 Å². The van der Waals surface area contributed by atoms with Crippen LogP contribution in [0, 0.1) is 19.8 Å². The van der Waals surface area contributed by atoms with Gasteiger partial charge in [0.1, 0.15) is 5.75 Å². The minimum atomic E-state index is -0.0476. The van der Waals surface area contributed by atoms with Gasteiger partial charge in [0.05, 0.1) is 0 Å². The van der Waals surface area contributed by atoms with Crippen LogP contribution < -0.4 is 15.8 Å². The molecule has 19 heavy (non-hydrogen) atoms. The van der Waals surface area contributed by atoms with E-state index in [4.69, 9.17) is 10.5 Å². The third-order valence-corrected chi connectivity index (χ3v) is 3.39. The van der Waals surface area contributed by atoms with Gasteiger partial charge in [-0.1, -0.05) is 12.1 Å². The summed E-state index contributed by atoms with van der Waals surface area (Å²) < 4.78 is 5.63. The van der Waals surface area contributed by atoms with Gasteiger partial charge in [0.2, 0.25) is 0 Å². The lowest BCUT2D eigenvalue weighted by Crippen LogP contribution is -2.30. The van der Waals surface area contributed by atoms with E-state index in [0.29, 0.717) is 12.5 Å². The maximum Gasteiger partial charge on any atom is 0.257 e. The maximum absolute atomic E-state index is 11.6. The zero-order chi connectivity index (χ0) is 13.8. The van der Waals surface area contributed by atoms with Crippen LogP contribution in [0.15, 0.2) is 12.1 Å². The lowest BCUT2D eigenvalue weighted by molar-refractivity contribution is -0.123. The number of aryl methyl sites for hydroxylation is 2. The molecule has 1 amide bonds. The molecule has 0 radical (unpaired) electrons. The number of benzene rings is 1. The minimum Gasteiger partial charge on any atom is -0.483 e. The van der Waals surface area contributed by atoms with E-state index in [2.05, 4.69) is 5.32 Å². The summed E-state index contributed by atoms with van der Waals surface area (Å²) in [6.45, 7) is 5.33. The largest absolute Gasteiger partial charge is 0.483 e. The average Bonchev–Trinajstić information content (AvgIpc) is 3.19. The summed E-state index contributed by atoms with van der Waals surface area (Å²) in [6.07, 6.45) is 2.47. The zero-order valence-electron chi connectivity index (χ0n) is 11.7. The molecule has 0 saturated heterocycles. The highest BCUT2D eigenvalue weighted by molar-refractivity contribution is 5.77. The number of carbonyl (C=O) groups is 1. The van der Waals surface area contributed by atoms with Gasteiger partial charge in [0.15, 0.2) is 6.61 Å². The van der Waals surface area contributed by atoms with Gasteiger partial charge < -0.3 is 15.8 Å². The molecule has 1 aliphatic rings. The van der Waals surface area contributed by atoms with Crippen molar-refractivity contribution in [3.63, 3.8) is 0 Å². The summed E-state index contributed by atoms with van der Waals surface area (Å²) in [7, 11) is 0. The molecule has 1 saturated carbocycles. The molecule has 1 fully saturated rings. The Morgan fingerprint density at radius 1 is 1.37 bits per heavy atom. The molecule has 0 spiro atoms. The van der Waals surface area contributed by atoms with Gasteiger partial charge >= 0.3 is 0 Å². The first-order chi connectivity index (χ1) is 9.10. The number of carbonyl (C=O) groups excluding carboxylic acids is 1. The van der Waals surface area contributed by atoms with Crippen molar-refractivity contribution in [2.75, 3.05) is 13.2 Å². The normalized spacial score (nSPS) is 14.3. The quantitative estimate of drug-likeness (QED) is 0.819. The fraction of sp³-hybridized carbons (Fsp3) is 0.533. The highest BCUT2D eigenvalue weighted by Gasteiger charge is 2.21. The van der Waals surface area contributed by atoms with Crippen LogP contribution in [0.2, 0.25) is 0 Å². The Balaban J connectivity index is 1.89. The second kappa shape index (κ2) is 6.06. The first-order valence-corrected chi connectivity index (χ1v) is 6.80. The third kappa shape index (κ3) is 3.96. The van der Waals surface area contributed by atoms with Crippen molar-refractivity contribution < 1.29 is 9.53 Å². The molecule has 4 heteroatoms. The smallest absolute Gasteiger partial charge is 0.257 e. The molecule has 1 aromatic carbocycles. The van der Waals surface area contributed by atoms with Crippen molar-refractivity contribution in [2.45, 2.75) is 33.2 Å². The predicted octanol–water partition coefficient (Wildman–Crippen LogP) is 1.67. The van der Waals surface area contributed by atoms with Crippen LogP contribution in [0.25, 0.3) is 0 Å². The average molecular weight is 262 g/mol. The van der Waals surface area contributed by atoms with Crippen molar-refractivity contribution >= 4 is 5.91 Å². The van der Waals surface area contributed by atoms with E-state index in [1.54, 1.807) is 0 Å². The molecule has 1 aromatic rings. The van der Waals surface area contributed by atoms with Gasteiger partial charge in [-0.25, -0.2) is 0 Å². The Kier molecular flexibility index (Phi) is 4.43. The molecule has 104 valence electrons. The number of rotatable bonds is 6. The lowest BCUT2D eigenvalue weighted by Gasteiger charge is -2.13. The predicted molar refractivity (Wildman–Crippen MR) is 75.0 cm³/mol. The second-order valence-electron chi connectivity index (χ2n) is 5.30. The van der Waals surface area contributed by atoms with Gasteiger partial charge in [0, 0.05) is 13.1 Å². The van der Waals surface area contributed by atoms with Crippen LogP contribution in [0.1, 0.15) is 29.5 Å². The second-order valence-corrected chi connectivity index (χ2v) is 5.30. The number of nitrogens with two attached hydrogens (primary N) is 1. The molecule has 0 aliphatic heterocycles. The molecular formula is C15H22N2O2. The summed E-state index contributed by atoms with van der Waals surface area (Å²) in [4.78, 5) is 11.6. The minimum absolute atomic E-state index is 0.0476. The standard InChI is InChI=1S/C15H22N2O2/c1-10-5-13(7-16)6-11(2)15(10)19-9-14(18)17-8-12-3-4-12/h5-6,12H,3-4,7-9,16H2,1-2H3,(H,17,18). The number of ether oxygens (including phenoxy) is 1. The highest BCUT2D eigenvalue weighted by Crippen LogP contribution is 2.27. The molecule has 4 nitrogen and oxygen atoms in total. The Labute approximate surface area is 114 Å². The molecule has 0 atom stereocenters. The van der Waals surface area contributed by atoms with Crippen molar-refractivity contribution in [1.29, 1.82) is 0 Å². The monoisotopic (exact) mass is 262 g/mol. The summed E-state index contributed by atoms with van der Waals surface area (Å²) in [5, 5.41) is 2.89. The van der Waals surface area contributed by atoms with Gasteiger partial charge in [-0.3, -0.25) is 4.79 Å². The number of nitrogens with one attached hydrogen (secondary N) is 1. The molecular weight excluding hydrogens is 240 g/mol. The van der Waals surface area contributed by atoms with Crippen molar-refractivity contribution in [2.24, 2.45) is 11.7 Å². The summed E-state index contributed by atoms with van der Waals surface area (Å²) in [5.41, 5.74) is 8.76. The number of amides is 1. The Morgan fingerprint density at radius 3 is 2.53 bits per heavy atom. The SMILES string of the molecule is Cc1cc(CN)cc(C)c1OCC(=O)NCC1CC1. The van der Waals surface area contributed by atoms with Crippen LogP contribution >= 0.6 is 0 Å². The van der Waals surface area contributed by atoms with Gasteiger partial charge in [-0.2, -0.15) is 0 Å². The summed E-state index contributed by atoms with van der Waals surface area (Å²) in [6, 6.07) is 4.01. The number of hydrogen-bond acceptors (Lipinski definition) is 3. The maximum atomic E-state index is 11.6. The summed E-state index contributed by atoms with van der Waals surface area (Å²) >= 11 is 0. The molecule has 0 aromatic heterocycles. The van der Waals surface area contributed by atoms with E-state index < -0.39 is 0 Å². The zero-order valence-corrected chi connectivity index (χ0v) is 11.7. The molecule has 2 rings (SSSR count). The van der Waals surface area contributed by atoms with Gasteiger partial charge in [0.25, 0.3) is 5.91 Å². The van der Waals surface area contributed by atoms with Crippen LogP contribution in [-0.4, -0.2) is 19.1 Å². The Bertz CT molecular complexity index is 444. The van der Waals surface area contributed by atoms with Gasteiger partial charge in [-0.05, 0) is 49.3 Å². The lowest BCUT2D eigenvalue weighted by atomic mass is 10.1. The Morgan fingerprint density at radius 2 is 2.00 bits per heavy atom. The fourth-order valence-corrected chi connectivity index (χ4v) is 2.15. The van der Waals surface area contributed by atoms with Crippen molar-refractivity contribution in [3.8, 4) is 5.75 Å². The van der Waals surface area contributed by atoms with E-state index in [9.17, 15) is 4.79 Å². The van der Waals surface area contributed by atoms with Gasteiger partial charge in [-0.15, -0.1) is 0 Å². The fourth-order valence-electron chi connectivity index (χ4n) is 2.15. The van der Waals surface area contributed by atoms with Crippen molar-refractivity contribution in [3.05, 3.63) is 28.8 Å². The topological polar surface area (TPSA) is 64.3 Å². The van der Waals surface area contributed by atoms with E-state index in [0.717, 1.165) is 29.0 Å². The van der Waals surface area contributed by atoms with E-state index in [1.807, 2.05) is 26.0 Å². The molecule has 0 unspecified atom stereocenters. The first-order valence-electron chi connectivity index (χ1n) is 6.80. The molecule has 3 N–H and O–H groups in total. The molecule has 1 aliphatic carbocycles. The van der Waals surface area contributed by atoms with Crippen LogP contribution in [0.5, 0.6) is 5.75 Å². The molecule has 0 bridgehead atoms. The summed E-state index contributed by atoms with van der Waals surface area (Å²) in [5.74, 6) is 1.43. The van der Waals surface area contributed by atoms with Crippen LogP contribution in [0.4, 0.5) is 0 Å². The van der Waals surface area contributed by atoms with E-state index in [-0.39, 0.29) is 12.5 Å². The van der Waals surface area contributed by atoms with Crippen LogP contribution in [-0.2, 0) is 11.3 Å². The first kappa shape index (κ1) is 13.9. The van der Waals surface area contributed by atoms with E-state index in [1.165, 1.54) is 12.8 Å². The Hall–Kier alpha value is -1.55. The van der Waals surface area contributed by atoms with Crippen LogP contribution in [0.3, 0.4) is 0 Å². The third-order valence-electron chi connectivity index (χ3n) is 3.39. The number of hydrogen-bond donors (Lipinski definition) is 2. The van der Waals surface area contributed by atoms with Crippen molar-refractivity contribution in [1.82, 2.24) is 5.32 Å². The molecule has 0 heterocycles.